The van der Waals surface area contributed by atoms with Crippen molar-refractivity contribution >= 4 is 11.6 Å². The van der Waals surface area contributed by atoms with Gasteiger partial charge in [0.05, 0.1) is 0 Å². The minimum atomic E-state index is -0.839. The molecule has 0 heterocycles. The average Bonchev–Trinajstić information content (AvgIpc) is 2.35. The summed E-state index contributed by atoms with van der Waals surface area (Å²) in [6.45, 7) is 2.75. The van der Waals surface area contributed by atoms with Crippen LogP contribution in [0.5, 0.6) is 0 Å². The summed E-state index contributed by atoms with van der Waals surface area (Å²) in [4.78, 5) is 42.5. The molecular formula is C13H22N2O6. The van der Waals surface area contributed by atoms with Gasteiger partial charge in [0.2, 0.25) is 12.1 Å². The molecule has 0 aromatic carbocycles. The van der Waals surface area contributed by atoms with E-state index in [0.717, 1.165) is 0 Å². The molecule has 0 aliphatic rings. The molecule has 0 rings (SSSR count). The second-order valence-corrected chi connectivity index (χ2v) is 5.29. The van der Waals surface area contributed by atoms with Crippen molar-refractivity contribution in [2.45, 2.75) is 70.9 Å². The normalized spacial score (nSPS) is 13.4. The van der Waals surface area contributed by atoms with Crippen LogP contribution in [0.2, 0.25) is 0 Å². The van der Waals surface area contributed by atoms with E-state index in [1.165, 1.54) is 13.8 Å². The number of ketones is 2. The van der Waals surface area contributed by atoms with Gasteiger partial charge in [-0.3, -0.25) is 20.2 Å². The lowest BCUT2D eigenvalue weighted by Crippen LogP contribution is -2.23. The van der Waals surface area contributed by atoms with Gasteiger partial charge >= 0.3 is 0 Å². The Morgan fingerprint density at radius 1 is 0.810 bits per heavy atom. The molecule has 0 spiro atoms. The molecule has 0 saturated heterocycles. The number of nitro groups is 2. The summed E-state index contributed by atoms with van der Waals surface area (Å²) in [5.41, 5.74) is 0. The van der Waals surface area contributed by atoms with Crippen molar-refractivity contribution in [1.29, 1.82) is 0 Å². The molecule has 0 unspecified atom stereocenters. The van der Waals surface area contributed by atoms with Crippen LogP contribution in [0.1, 0.15) is 58.8 Å². The highest BCUT2D eigenvalue weighted by molar-refractivity contribution is 5.75. The van der Waals surface area contributed by atoms with Gasteiger partial charge in [0.15, 0.2) is 0 Å². The van der Waals surface area contributed by atoms with Crippen molar-refractivity contribution in [3.05, 3.63) is 20.2 Å². The largest absolute Gasteiger partial charge is 0.300 e. The molecule has 0 N–H and O–H groups in total. The Morgan fingerprint density at radius 3 is 1.38 bits per heavy atom. The number of carbonyl (C=O) groups excluding carboxylic acids is 2. The van der Waals surface area contributed by atoms with E-state index in [-0.39, 0.29) is 50.1 Å². The number of hydrogen-bond donors (Lipinski definition) is 0. The van der Waals surface area contributed by atoms with Crippen LogP contribution in [0.4, 0.5) is 0 Å². The Balaban J connectivity index is 4.24. The number of rotatable bonds is 12. The highest BCUT2D eigenvalue weighted by atomic mass is 16.6. The Labute approximate surface area is 123 Å². The fourth-order valence-electron chi connectivity index (χ4n) is 2.04. The first kappa shape index (κ1) is 19.1. The van der Waals surface area contributed by atoms with E-state index in [0.29, 0.717) is 6.42 Å². The van der Waals surface area contributed by atoms with Crippen LogP contribution in [0.15, 0.2) is 0 Å². The Hall–Kier alpha value is -1.86. The fraction of sp³-hybridized carbons (Fsp3) is 0.846. The number of nitrogens with zero attached hydrogens (tertiary/aromatic N) is 2. The minimum absolute atomic E-state index is 0.105. The standard InChI is InChI=1S/C13H22N2O6/c1-10(16)6-8-12(14(18)19)4-3-5-13(15(20)21)9-7-11(2)17/h12-13H,3-9H2,1-2H3/t12-,13+. The second-order valence-electron chi connectivity index (χ2n) is 5.29. The van der Waals surface area contributed by atoms with Gasteiger partial charge in [-0.25, -0.2) is 0 Å². The summed E-state index contributed by atoms with van der Waals surface area (Å²) >= 11 is 0. The lowest BCUT2D eigenvalue weighted by molar-refractivity contribution is -0.529. The van der Waals surface area contributed by atoms with E-state index in [4.69, 9.17) is 0 Å². The van der Waals surface area contributed by atoms with E-state index in [1.807, 2.05) is 0 Å². The van der Waals surface area contributed by atoms with Crippen LogP contribution in [-0.2, 0) is 9.59 Å². The Bertz CT molecular complexity index is 360. The first-order valence-electron chi connectivity index (χ1n) is 7.00. The summed E-state index contributed by atoms with van der Waals surface area (Å²) in [6, 6.07) is -1.68. The third kappa shape index (κ3) is 9.64. The zero-order valence-electron chi connectivity index (χ0n) is 12.4. The van der Waals surface area contributed by atoms with Gasteiger partial charge < -0.3 is 9.59 Å². The molecule has 0 saturated carbocycles. The smallest absolute Gasteiger partial charge is 0.213 e. The van der Waals surface area contributed by atoms with Crippen molar-refractivity contribution in [1.82, 2.24) is 0 Å². The number of carbonyl (C=O) groups is 2. The molecule has 120 valence electrons. The maximum Gasteiger partial charge on any atom is 0.213 e. The van der Waals surface area contributed by atoms with Gasteiger partial charge in [0.1, 0.15) is 11.6 Å². The van der Waals surface area contributed by atoms with Crippen LogP contribution in [-0.4, -0.2) is 33.5 Å². The SMILES string of the molecule is CC(=O)CC[C@@H](CCC[C@@H](CCC(C)=O)[N+](=O)[O-])[N+](=O)[O-]. The molecule has 21 heavy (non-hydrogen) atoms. The monoisotopic (exact) mass is 302 g/mol. The van der Waals surface area contributed by atoms with Gasteiger partial charge in [0, 0.05) is 48.4 Å². The minimum Gasteiger partial charge on any atom is -0.300 e. The molecule has 0 aromatic rings. The third-order valence-corrected chi connectivity index (χ3v) is 3.33. The first-order valence-corrected chi connectivity index (χ1v) is 7.00. The lowest BCUT2D eigenvalue weighted by Gasteiger charge is -2.11. The number of hydrogen-bond acceptors (Lipinski definition) is 6. The van der Waals surface area contributed by atoms with Crippen LogP contribution < -0.4 is 0 Å². The predicted octanol–water partition coefficient (Wildman–Crippen LogP) is 2.19. The molecule has 8 heteroatoms. The van der Waals surface area contributed by atoms with Crippen LogP contribution in [0, 0.1) is 20.2 Å². The Morgan fingerprint density at radius 2 is 1.14 bits per heavy atom. The molecule has 0 aliphatic heterocycles. The average molecular weight is 302 g/mol. The maximum absolute atomic E-state index is 10.9. The van der Waals surface area contributed by atoms with E-state index >= 15 is 0 Å². The summed E-state index contributed by atoms with van der Waals surface area (Å²) in [5, 5.41) is 21.7. The van der Waals surface area contributed by atoms with Crippen molar-refractivity contribution < 1.29 is 19.4 Å². The van der Waals surface area contributed by atoms with Gasteiger partial charge in [-0.1, -0.05) is 0 Å². The first-order chi connectivity index (χ1) is 9.73. The van der Waals surface area contributed by atoms with Gasteiger partial charge in [-0.2, -0.15) is 0 Å². The van der Waals surface area contributed by atoms with Gasteiger partial charge in [0.25, 0.3) is 0 Å². The molecular weight excluding hydrogens is 280 g/mol. The molecule has 0 aromatic heterocycles. The van der Waals surface area contributed by atoms with Crippen LogP contribution in [0.25, 0.3) is 0 Å². The van der Waals surface area contributed by atoms with Crippen molar-refractivity contribution in [2.24, 2.45) is 0 Å². The zero-order chi connectivity index (χ0) is 16.4. The van der Waals surface area contributed by atoms with E-state index in [9.17, 15) is 29.8 Å². The van der Waals surface area contributed by atoms with E-state index in [2.05, 4.69) is 0 Å². The van der Waals surface area contributed by atoms with Crippen LogP contribution >= 0.6 is 0 Å². The molecule has 0 fully saturated rings. The molecule has 0 aliphatic carbocycles. The molecule has 0 amide bonds. The highest BCUT2D eigenvalue weighted by Crippen LogP contribution is 2.15. The molecule has 2 atom stereocenters. The summed E-state index contributed by atoms with van der Waals surface area (Å²) in [7, 11) is 0. The van der Waals surface area contributed by atoms with Crippen molar-refractivity contribution in [3.8, 4) is 0 Å². The van der Waals surface area contributed by atoms with Gasteiger partial charge in [-0.15, -0.1) is 0 Å². The lowest BCUT2D eigenvalue weighted by atomic mass is 9.99. The topological polar surface area (TPSA) is 120 Å². The highest BCUT2D eigenvalue weighted by Gasteiger charge is 2.24. The fourth-order valence-corrected chi connectivity index (χ4v) is 2.04. The van der Waals surface area contributed by atoms with Crippen molar-refractivity contribution in [3.63, 3.8) is 0 Å². The summed E-state index contributed by atoms with van der Waals surface area (Å²) < 4.78 is 0. The van der Waals surface area contributed by atoms with Crippen LogP contribution in [0.3, 0.4) is 0 Å². The summed E-state index contributed by atoms with van der Waals surface area (Å²) in [6.07, 6.45) is 1.39. The molecule has 0 radical (unpaired) electrons. The summed E-state index contributed by atoms with van der Waals surface area (Å²) in [5.74, 6) is -0.210. The zero-order valence-corrected chi connectivity index (χ0v) is 12.4. The third-order valence-electron chi connectivity index (χ3n) is 3.33. The predicted molar refractivity (Wildman–Crippen MR) is 75.2 cm³/mol. The second kappa shape index (κ2) is 9.95. The van der Waals surface area contributed by atoms with Crippen molar-refractivity contribution in [2.75, 3.05) is 0 Å². The van der Waals surface area contributed by atoms with E-state index < -0.39 is 21.9 Å². The maximum atomic E-state index is 10.9. The number of Topliss-reactive ketones (excluding diaryl/α,β-unsaturated/α-hetero) is 2. The molecule has 0 bridgehead atoms. The van der Waals surface area contributed by atoms with Gasteiger partial charge in [-0.05, 0) is 20.3 Å². The molecule has 8 nitrogen and oxygen atoms in total. The van der Waals surface area contributed by atoms with E-state index in [1.54, 1.807) is 0 Å². The quantitative estimate of drug-likeness (QED) is 0.402. The Kier molecular flexibility index (Phi) is 9.07.